The molecule has 66 valence electrons. The molecule has 0 aliphatic rings. The van der Waals surface area contributed by atoms with Gasteiger partial charge in [0.25, 0.3) is 0 Å². The molecule has 0 aromatic carbocycles. The highest BCUT2D eigenvalue weighted by molar-refractivity contribution is 6.56. The van der Waals surface area contributed by atoms with E-state index in [0.29, 0.717) is 0 Å². The van der Waals surface area contributed by atoms with Gasteiger partial charge in [-0.05, 0) is 18.9 Å². The van der Waals surface area contributed by atoms with Crippen molar-refractivity contribution < 1.29 is 0 Å². The zero-order valence-corrected chi connectivity index (χ0v) is 9.42. The smallest absolute Gasteiger partial charge is 0.0344 e. The molecular weight excluding hydrogens is 148 g/mol. The molecule has 0 radical (unpaired) electrons. The maximum absolute atomic E-state index is 2.40. The first-order valence-electron chi connectivity index (χ1n) is 4.92. The molecule has 0 fully saturated rings. The van der Waals surface area contributed by atoms with Crippen LogP contribution in [0, 0.1) is 0 Å². The highest BCUT2D eigenvalue weighted by atomic mass is 28.3. The minimum Gasteiger partial charge on any atom is -0.0915 e. The molecule has 0 heterocycles. The molecule has 0 bridgehead atoms. The average molecular weight is 170 g/mol. The van der Waals surface area contributed by atoms with Gasteiger partial charge in [0.2, 0.25) is 0 Å². The summed E-state index contributed by atoms with van der Waals surface area (Å²) in [5.74, 6) is 0. The third-order valence-electron chi connectivity index (χ3n) is 1.75. The van der Waals surface area contributed by atoms with Gasteiger partial charge < -0.3 is 0 Å². The molecule has 0 saturated carbocycles. The van der Waals surface area contributed by atoms with Gasteiger partial charge in [-0.15, -0.1) is 0 Å². The summed E-state index contributed by atoms with van der Waals surface area (Å²) in [6.45, 7) is 7.05. The Kier molecular flexibility index (Phi) is 8.03. The highest BCUT2D eigenvalue weighted by Crippen LogP contribution is 2.01. The minimum absolute atomic E-state index is 0.316. The summed E-state index contributed by atoms with van der Waals surface area (Å²) in [6, 6.07) is 1.38. The zero-order chi connectivity index (χ0) is 8.53. The Labute approximate surface area is 73.3 Å². The predicted molar refractivity (Wildman–Crippen MR) is 57.0 cm³/mol. The molecule has 0 aliphatic heterocycles. The van der Waals surface area contributed by atoms with E-state index in [-0.39, 0.29) is 8.80 Å². The van der Waals surface area contributed by atoms with Gasteiger partial charge >= 0.3 is 0 Å². The van der Waals surface area contributed by atoms with Gasteiger partial charge in [-0.1, -0.05) is 45.0 Å². The predicted octanol–water partition coefficient (Wildman–Crippen LogP) is 3.61. The van der Waals surface area contributed by atoms with Crippen molar-refractivity contribution in [2.24, 2.45) is 0 Å². The molecule has 11 heavy (non-hydrogen) atoms. The number of hydrogen-bond donors (Lipinski definition) is 0. The van der Waals surface area contributed by atoms with E-state index in [4.69, 9.17) is 0 Å². The van der Waals surface area contributed by atoms with Crippen molar-refractivity contribution >= 4 is 8.80 Å². The van der Waals surface area contributed by atoms with Crippen molar-refractivity contribution in [1.82, 2.24) is 0 Å². The van der Waals surface area contributed by atoms with Crippen LogP contribution in [0.2, 0.25) is 19.1 Å². The first-order valence-corrected chi connectivity index (χ1v) is 8.05. The van der Waals surface area contributed by atoms with Crippen LogP contribution in [-0.4, -0.2) is 8.80 Å². The van der Waals surface area contributed by atoms with Crippen LogP contribution in [0.4, 0.5) is 0 Å². The van der Waals surface area contributed by atoms with E-state index in [2.05, 4.69) is 32.2 Å². The van der Waals surface area contributed by atoms with E-state index in [9.17, 15) is 0 Å². The summed E-state index contributed by atoms with van der Waals surface area (Å²) in [7, 11) is -0.316. The van der Waals surface area contributed by atoms with Gasteiger partial charge in [0, 0.05) is 8.80 Å². The molecule has 0 N–H and O–H groups in total. The van der Waals surface area contributed by atoms with Crippen LogP contribution in [0.5, 0.6) is 0 Å². The summed E-state index contributed by atoms with van der Waals surface area (Å²) < 4.78 is 0. The van der Waals surface area contributed by atoms with Crippen LogP contribution in [0.1, 0.15) is 32.6 Å². The Bertz CT molecular complexity index is 95.0. The molecule has 0 aromatic heterocycles. The molecule has 0 rings (SSSR count). The van der Waals surface area contributed by atoms with E-state index in [0.717, 1.165) is 0 Å². The first-order chi connectivity index (χ1) is 5.27. The second-order valence-corrected chi connectivity index (χ2v) is 6.86. The van der Waals surface area contributed by atoms with Crippen LogP contribution in [0.3, 0.4) is 0 Å². The van der Waals surface area contributed by atoms with Gasteiger partial charge in [0.05, 0.1) is 0 Å². The van der Waals surface area contributed by atoms with Crippen LogP contribution >= 0.6 is 0 Å². The van der Waals surface area contributed by atoms with Crippen molar-refractivity contribution in [1.29, 1.82) is 0 Å². The molecule has 0 atom stereocenters. The number of unbranched alkanes of at least 4 members (excludes halogenated alkanes) is 3. The van der Waals surface area contributed by atoms with Crippen molar-refractivity contribution in [3.8, 4) is 0 Å². The van der Waals surface area contributed by atoms with Gasteiger partial charge in [0.15, 0.2) is 0 Å². The lowest BCUT2D eigenvalue weighted by Gasteiger charge is -1.95. The van der Waals surface area contributed by atoms with Crippen molar-refractivity contribution in [2.75, 3.05) is 0 Å². The Morgan fingerprint density at radius 2 is 1.82 bits per heavy atom. The van der Waals surface area contributed by atoms with Crippen molar-refractivity contribution in [2.45, 2.75) is 51.7 Å². The van der Waals surface area contributed by atoms with Crippen molar-refractivity contribution in [3.05, 3.63) is 12.2 Å². The molecule has 1 heteroatoms. The Morgan fingerprint density at radius 3 is 2.36 bits per heavy atom. The van der Waals surface area contributed by atoms with Crippen LogP contribution in [-0.2, 0) is 0 Å². The second kappa shape index (κ2) is 8.06. The molecule has 0 aromatic rings. The van der Waals surface area contributed by atoms with E-state index < -0.39 is 0 Å². The lowest BCUT2D eigenvalue weighted by atomic mass is 10.2. The first kappa shape index (κ1) is 11.0. The second-order valence-electron chi connectivity index (χ2n) is 3.60. The summed E-state index contributed by atoms with van der Waals surface area (Å²) in [6.07, 6.45) is 10.2. The van der Waals surface area contributed by atoms with Gasteiger partial charge in [-0.2, -0.15) is 0 Å². The molecule has 0 unspecified atom stereocenters. The van der Waals surface area contributed by atoms with E-state index in [1.807, 2.05) is 0 Å². The Balaban J connectivity index is 3.03. The fourth-order valence-electron chi connectivity index (χ4n) is 0.998. The number of allylic oxidation sites excluding steroid dienone is 2. The minimum atomic E-state index is -0.316. The zero-order valence-electron chi connectivity index (χ0n) is 8.27. The summed E-state index contributed by atoms with van der Waals surface area (Å²) >= 11 is 0. The van der Waals surface area contributed by atoms with Gasteiger partial charge in [-0.25, -0.2) is 0 Å². The summed E-state index contributed by atoms with van der Waals surface area (Å²) in [4.78, 5) is 0. The SMILES string of the molecule is CCCCCC=CC[SiH](C)C. The molecule has 0 nitrogen and oxygen atoms in total. The summed E-state index contributed by atoms with van der Waals surface area (Å²) in [5, 5.41) is 0. The molecular formula is C10H22Si. The maximum Gasteiger partial charge on any atom is 0.0344 e. The molecule has 0 amide bonds. The summed E-state index contributed by atoms with van der Waals surface area (Å²) in [5.41, 5.74) is 0. The lowest BCUT2D eigenvalue weighted by Crippen LogP contribution is -1.94. The third kappa shape index (κ3) is 9.96. The third-order valence-corrected chi connectivity index (χ3v) is 2.96. The fourth-order valence-corrected chi connectivity index (χ4v) is 1.74. The number of rotatable bonds is 6. The fraction of sp³-hybridized carbons (Fsp3) is 0.800. The van der Waals surface area contributed by atoms with E-state index >= 15 is 0 Å². The van der Waals surface area contributed by atoms with Crippen molar-refractivity contribution in [3.63, 3.8) is 0 Å². The van der Waals surface area contributed by atoms with Crippen LogP contribution in [0.15, 0.2) is 12.2 Å². The maximum atomic E-state index is 2.40. The Morgan fingerprint density at radius 1 is 1.09 bits per heavy atom. The lowest BCUT2D eigenvalue weighted by molar-refractivity contribution is 0.729. The van der Waals surface area contributed by atoms with E-state index in [1.54, 1.807) is 0 Å². The largest absolute Gasteiger partial charge is 0.0915 e. The molecule has 0 spiro atoms. The standard InChI is InChI=1S/C10H22Si/c1-4-5-6-7-8-9-10-11(2)3/h8-9,11H,4-7,10H2,1-3H3. The van der Waals surface area contributed by atoms with Crippen LogP contribution in [0.25, 0.3) is 0 Å². The molecule has 0 aliphatic carbocycles. The van der Waals surface area contributed by atoms with E-state index in [1.165, 1.54) is 31.7 Å². The normalized spacial score (nSPS) is 11.6. The topological polar surface area (TPSA) is 0 Å². The molecule has 0 saturated heterocycles. The monoisotopic (exact) mass is 170 g/mol. The quantitative estimate of drug-likeness (QED) is 0.324. The highest BCUT2D eigenvalue weighted by Gasteiger charge is 1.88. The number of hydrogen-bond acceptors (Lipinski definition) is 0. The van der Waals surface area contributed by atoms with Gasteiger partial charge in [-0.3, -0.25) is 0 Å². The average Bonchev–Trinajstić information content (AvgIpc) is 1.96. The van der Waals surface area contributed by atoms with Gasteiger partial charge in [0.1, 0.15) is 0 Å². The Hall–Kier alpha value is -0.0431. The van der Waals surface area contributed by atoms with Crippen LogP contribution < -0.4 is 0 Å².